The quantitative estimate of drug-likeness (QED) is 0.834. The van der Waals surface area contributed by atoms with Crippen LogP contribution in [-0.4, -0.2) is 46.5 Å². The van der Waals surface area contributed by atoms with Crippen molar-refractivity contribution in [3.63, 3.8) is 0 Å². The summed E-state index contributed by atoms with van der Waals surface area (Å²) < 4.78 is 90.4. The number of hydrogen-bond acceptors (Lipinski definition) is 4. The molecule has 25 heavy (non-hydrogen) atoms. The van der Waals surface area contributed by atoms with Crippen LogP contribution in [0.3, 0.4) is 0 Å². The van der Waals surface area contributed by atoms with E-state index in [0.29, 0.717) is 18.9 Å². The molecule has 0 bridgehead atoms. The smallest absolute Gasteiger partial charge is 0.213 e. The van der Waals surface area contributed by atoms with Crippen molar-refractivity contribution in [2.45, 2.75) is 36.9 Å². The molecule has 6 nitrogen and oxygen atoms in total. The first-order chi connectivity index (χ1) is 11.3. The average molecular weight is 400 g/mol. The van der Waals surface area contributed by atoms with Crippen molar-refractivity contribution in [2.75, 3.05) is 19.3 Å². The van der Waals surface area contributed by atoms with Gasteiger partial charge in [-0.3, -0.25) is 0 Å². The summed E-state index contributed by atoms with van der Waals surface area (Å²) in [4.78, 5) is -0.453. The lowest BCUT2D eigenvalue weighted by atomic mass is 10.1. The van der Waals surface area contributed by atoms with E-state index in [0.717, 1.165) is 22.7 Å². The van der Waals surface area contributed by atoms with Crippen LogP contribution in [0.15, 0.2) is 23.1 Å². The van der Waals surface area contributed by atoms with Crippen molar-refractivity contribution in [1.29, 1.82) is 0 Å². The number of rotatable bonds is 4. The summed E-state index contributed by atoms with van der Waals surface area (Å²) in [6.07, 6.45) is -2.82. The summed E-state index contributed by atoms with van der Waals surface area (Å²) in [6, 6.07) is 2.27. The first-order valence-electron chi connectivity index (χ1n) is 7.46. The van der Waals surface area contributed by atoms with E-state index in [1.54, 1.807) is 0 Å². The summed E-state index contributed by atoms with van der Waals surface area (Å²) in [7, 11) is -7.66. The second kappa shape index (κ2) is 6.86. The molecule has 1 aliphatic rings. The molecule has 1 saturated heterocycles. The highest BCUT2D eigenvalue weighted by Gasteiger charge is 2.36. The molecule has 2 rings (SSSR count). The van der Waals surface area contributed by atoms with Crippen molar-refractivity contribution in [2.24, 2.45) is 0 Å². The summed E-state index contributed by atoms with van der Waals surface area (Å²) >= 11 is 0. The molecule has 0 aromatic heterocycles. The number of aryl methyl sites for hydroxylation is 1. The topological polar surface area (TPSA) is 83.6 Å². The molecule has 0 spiro atoms. The molecule has 1 aromatic carbocycles. The lowest BCUT2D eigenvalue weighted by Crippen LogP contribution is -2.49. The Bertz CT molecular complexity index is 851. The highest BCUT2D eigenvalue weighted by molar-refractivity contribution is 7.89. The highest BCUT2D eigenvalue weighted by Crippen LogP contribution is 2.34. The van der Waals surface area contributed by atoms with E-state index in [2.05, 4.69) is 4.72 Å². The fourth-order valence-electron chi connectivity index (χ4n) is 2.78. The van der Waals surface area contributed by atoms with Gasteiger partial charge in [0.15, 0.2) is 0 Å². The maximum atomic E-state index is 13.0. The largest absolute Gasteiger partial charge is 0.416 e. The Morgan fingerprint density at radius 2 is 1.84 bits per heavy atom. The van der Waals surface area contributed by atoms with Gasteiger partial charge >= 0.3 is 6.18 Å². The van der Waals surface area contributed by atoms with Crippen LogP contribution in [0.5, 0.6) is 0 Å². The Labute approximate surface area is 145 Å². The van der Waals surface area contributed by atoms with Gasteiger partial charge in [0.05, 0.1) is 16.7 Å². The first kappa shape index (κ1) is 20.1. The molecule has 1 atom stereocenters. The summed E-state index contributed by atoms with van der Waals surface area (Å²) in [5, 5.41) is 0. The van der Waals surface area contributed by atoms with Crippen LogP contribution < -0.4 is 4.72 Å². The fourth-order valence-corrected chi connectivity index (χ4v) is 5.12. The normalized spacial score (nSPS) is 20.6. The Balaban J connectivity index is 2.32. The zero-order chi connectivity index (χ0) is 19.0. The Kier molecular flexibility index (Phi) is 5.53. The number of nitrogens with one attached hydrogen (secondary N) is 1. The van der Waals surface area contributed by atoms with Gasteiger partial charge in [-0.25, -0.2) is 21.6 Å². The van der Waals surface area contributed by atoms with Gasteiger partial charge in [-0.2, -0.15) is 17.5 Å². The third kappa shape index (κ3) is 4.93. The molecule has 0 aliphatic carbocycles. The number of benzene rings is 1. The molecule has 1 heterocycles. The lowest BCUT2D eigenvalue weighted by molar-refractivity contribution is -0.138. The van der Waals surface area contributed by atoms with Gasteiger partial charge in [0.25, 0.3) is 0 Å². The van der Waals surface area contributed by atoms with Crippen molar-refractivity contribution >= 4 is 20.0 Å². The molecule has 1 fully saturated rings. The molecular weight excluding hydrogens is 381 g/mol. The fraction of sp³-hybridized carbons (Fsp3) is 0.571. The standard InChI is InChI=1S/C14H19F3N2O4S2/c1-10-5-6-12(8-13(10)14(15,16)17)25(22,23)19-7-3-4-11(9-19)18-24(2,20)21/h5-6,8,11,18H,3-4,7,9H2,1-2H3. The van der Waals surface area contributed by atoms with E-state index in [9.17, 15) is 30.0 Å². The van der Waals surface area contributed by atoms with Crippen molar-refractivity contribution in [3.05, 3.63) is 29.3 Å². The first-order valence-corrected chi connectivity index (χ1v) is 10.8. The van der Waals surface area contributed by atoms with Crippen LogP contribution in [-0.2, 0) is 26.2 Å². The number of piperidine rings is 1. The third-order valence-electron chi connectivity index (χ3n) is 3.92. The molecule has 0 amide bonds. The van der Waals surface area contributed by atoms with E-state index in [4.69, 9.17) is 0 Å². The van der Waals surface area contributed by atoms with E-state index in [-0.39, 0.29) is 18.7 Å². The van der Waals surface area contributed by atoms with Gasteiger partial charge < -0.3 is 0 Å². The van der Waals surface area contributed by atoms with Crippen molar-refractivity contribution in [3.8, 4) is 0 Å². The molecule has 1 aromatic rings. The maximum Gasteiger partial charge on any atom is 0.416 e. The Morgan fingerprint density at radius 3 is 2.40 bits per heavy atom. The zero-order valence-corrected chi connectivity index (χ0v) is 15.3. The minimum absolute atomic E-state index is 0.0679. The van der Waals surface area contributed by atoms with Crippen LogP contribution in [0.4, 0.5) is 13.2 Å². The zero-order valence-electron chi connectivity index (χ0n) is 13.7. The van der Waals surface area contributed by atoms with E-state index in [1.807, 2.05) is 0 Å². The van der Waals surface area contributed by atoms with Crippen LogP contribution >= 0.6 is 0 Å². The van der Waals surface area contributed by atoms with Crippen LogP contribution in [0.25, 0.3) is 0 Å². The molecule has 0 radical (unpaired) electrons. The lowest BCUT2D eigenvalue weighted by Gasteiger charge is -2.32. The molecule has 1 aliphatic heterocycles. The molecular formula is C14H19F3N2O4S2. The molecule has 11 heteroatoms. The Hall–Kier alpha value is -1.17. The monoisotopic (exact) mass is 400 g/mol. The molecule has 142 valence electrons. The number of halogens is 3. The van der Waals surface area contributed by atoms with E-state index in [1.165, 1.54) is 6.92 Å². The third-order valence-corrected chi connectivity index (χ3v) is 6.54. The number of nitrogens with zero attached hydrogens (tertiary/aromatic N) is 1. The van der Waals surface area contributed by atoms with Crippen LogP contribution in [0.2, 0.25) is 0 Å². The molecule has 0 saturated carbocycles. The maximum absolute atomic E-state index is 13.0. The minimum Gasteiger partial charge on any atom is -0.213 e. The second-order valence-electron chi connectivity index (χ2n) is 6.07. The summed E-state index contributed by atoms with van der Waals surface area (Å²) in [6.45, 7) is 1.26. The Morgan fingerprint density at radius 1 is 1.20 bits per heavy atom. The van der Waals surface area contributed by atoms with Gasteiger partial charge in [-0.15, -0.1) is 0 Å². The van der Waals surface area contributed by atoms with Gasteiger partial charge in [-0.05, 0) is 37.5 Å². The van der Waals surface area contributed by atoms with Crippen LogP contribution in [0.1, 0.15) is 24.0 Å². The van der Waals surface area contributed by atoms with Gasteiger partial charge in [0.2, 0.25) is 20.0 Å². The predicted molar refractivity (Wildman–Crippen MR) is 85.9 cm³/mol. The van der Waals surface area contributed by atoms with Crippen molar-refractivity contribution in [1.82, 2.24) is 9.03 Å². The number of sulfonamides is 2. The minimum atomic E-state index is -4.65. The number of hydrogen-bond donors (Lipinski definition) is 1. The van der Waals surface area contributed by atoms with Gasteiger partial charge in [-0.1, -0.05) is 6.07 Å². The summed E-state index contributed by atoms with van der Waals surface area (Å²) in [5.74, 6) is 0. The SMILES string of the molecule is Cc1ccc(S(=O)(=O)N2CCCC(NS(C)(=O)=O)C2)cc1C(F)(F)F. The highest BCUT2D eigenvalue weighted by atomic mass is 32.2. The van der Waals surface area contributed by atoms with E-state index >= 15 is 0 Å². The summed E-state index contributed by atoms with van der Waals surface area (Å²) in [5.41, 5.74) is -1.07. The second-order valence-corrected chi connectivity index (χ2v) is 9.78. The average Bonchev–Trinajstić information content (AvgIpc) is 2.44. The number of alkyl halides is 3. The van der Waals surface area contributed by atoms with E-state index < -0.39 is 42.7 Å². The molecule has 1 N–H and O–H groups in total. The van der Waals surface area contributed by atoms with Gasteiger partial charge in [0, 0.05) is 19.1 Å². The van der Waals surface area contributed by atoms with Crippen LogP contribution in [0, 0.1) is 6.92 Å². The van der Waals surface area contributed by atoms with Gasteiger partial charge in [0.1, 0.15) is 0 Å². The van der Waals surface area contributed by atoms with Crippen molar-refractivity contribution < 1.29 is 30.0 Å². The predicted octanol–water partition coefficient (Wildman–Crippen LogP) is 1.72. The molecule has 1 unspecified atom stereocenters.